The maximum absolute atomic E-state index is 13.1. The topological polar surface area (TPSA) is 79.7 Å². The molecule has 2 aliphatic heterocycles. The van der Waals surface area contributed by atoms with Gasteiger partial charge in [-0.3, -0.25) is 14.6 Å². The van der Waals surface area contributed by atoms with Crippen molar-refractivity contribution < 1.29 is 19.4 Å². The van der Waals surface area contributed by atoms with Crippen molar-refractivity contribution in [2.45, 2.75) is 32.0 Å². The number of carbonyl (C=O) groups is 2. The molecule has 32 heavy (non-hydrogen) atoms. The number of aromatic nitrogens is 1. The second-order valence-electron chi connectivity index (χ2n) is 8.15. The summed E-state index contributed by atoms with van der Waals surface area (Å²) in [6.45, 7) is 2.23. The zero-order valence-corrected chi connectivity index (χ0v) is 17.6. The Morgan fingerprint density at radius 3 is 2.69 bits per heavy atom. The quantitative estimate of drug-likeness (QED) is 0.387. The summed E-state index contributed by atoms with van der Waals surface area (Å²) in [5.74, 6) is -0.739. The van der Waals surface area contributed by atoms with Crippen molar-refractivity contribution in [2.24, 2.45) is 0 Å². The highest BCUT2D eigenvalue weighted by atomic mass is 16.5. The van der Waals surface area contributed by atoms with E-state index in [1.807, 2.05) is 49.4 Å². The third-order valence-electron chi connectivity index (χ3n) is 5.91. The number of nitrogens with zero attached hydrogens (tertiary/aromatic N) is 2. The summed E-state index contributed by atoms with van der Waals surface area (Å²) < 4.78 is 5.74. The van der Waals surface area contributed by atoms with E-state index in [1.54, 1.807) is 30.6 Å². The van der Waals surface area contributed by atoms with Crippen LogP contribution >= 0.6 is 0 Å². The fourth-order valence-electron chi connectivity index (χ4n) is 4.43. The van der Waals surface area contributed by atoms with E-state index in [9.17, 15) is 14.7 Å². The van der Waals surface area contributed by atoms with Crippen molar-refractivity contribution in [1.82, 2.24) is 9.88 Å². The van der Waals surface area contributed by atoms with Gasteiger partial charge in [-0.05, 0) is 47.9 Å². The summed E-state index contributed by atoms with van der Waals surface area (Å²) in [4.78, 5) is 31.9. The van der Waals surface area contributed by atoms with E-state index in [1.165, 1.54) is 4.90 Å². The molecule has 1 N–H and O–H groups in total. The highest BCUT2D eigenvalue weighted by Crippen LogP contribution is 2.41. The third kappa shape index (κ3) is 3.43. The molecule has 6 heteroatoms. The van der Waals surface area contributed by atoms with Crippen molar-refractivity contribution >= 4 is 17.4 Å². The number of ketones is 1. The van der Waals surface area contributed by atoms with Crippen LogP contribution in [0.25, 0.3) is 5.76 Å². The number of amides is 1. The molecule has 3 aromatic rings. The summed E-state index contributed by atoms with van der Waals surface area (Å²) in [6, 6.07) is 17.7. The van der Waals surface area contributed by atoms with Gasteiger partial charge in [-0.25, -0.2) is 0 Å². The number of hydrogen-bond acceptors (Lipinski definition) is 5. The highest BCUT2D eigenvalue weighted by molar-refractivity contribution is 6.46. The first-order valence-electron chi connectivity index (χ1n) is 10.5. The number of aliphatic hydroxyl groups excluding tert-OH is 1. The van der Waals surface area contributed by atoms with Gasteiger partial charge < -0.3 is 14.7 Å². The molecule has 6 nitrogen and oxygen atoms in total. The van der Waals surface area contributed by atoms with Crippen molar-refractivity contribution in [3.05, 3.63) is 101 Å². The van der Waals surface area contributed by atoms with Gasteiger partial charge in [-0.15, -0.1) is 0 Å². The lowest BCUT2D eigenvalue weighted by molar-refractivity contribution is -0.140. The van der Waals surface area contributed by atoms with E-state index in [4.69, 9.17) is 4.74 Å². The van der Waals surface area contributed by atoms with Gasteiger partial charge in [0.1, 0.15) is 17.6 Å². The number of likely N-dealkylation sites (tertiary alicyclic amines) is 1. The van der Waals surface area contributed by atoms with Crippen LogP contribution in [-0.2, 0) is 22.6 Å². The minimum atomic E-state index is -0.729. The van der Waals surface area contributed by atoms with Crippen molar-refractivity contribution in [2.75, 3.05) is 0 Å². The Labute approximate surface area is 185 Å². The molecule has 160 valence electrons. The van der Waals surface area contributed by atoms with E-state index in [0.29, 0.717) is 11.1 Å². The molecule has 0 saturated carbocycles. The second kappa shape index (κ2) is 7.96. The van der Waals surface area contributed by atoms with Gasteiger partial charge in [0.05, 0.1) is 11.6 Å². The van der Waals surface area contributed by atoms with Gasteiger partial charge in [0.15, 0.2) is 0 Å². The van der Waals surface area contributed by atoms with Crippen LogP contribution in [0.4, 0.5) is 0 Å². The van der Waals surface area contributed by atoms with Crippen LogP contribution in [-0.4, -0.2) is 32.8 Å². The molecular weight excluding hydrogens is 404 g/mol. The molecule has 0 radical (unpaired) electrons. The molecule has 2 aliphatic rings. The van der Waals surface area contributed by atoms with Crippen molar-refractivity contribution in [1.29, 1.82) is 0 Å². The maximum atomic E-state index is 13.1. The fraction of sp³-hybridized carbons (Fsp3) is 0.192. The molecule has 2 atom stereocenters. The van der Waals surface area contributed by atoms with E-state index in [0.717, 1.165) is 23.3 Å². The molecule has 1 amide bonds. The third-order valence-corrected chi connectivity index (χ3v) is 5.91. The van der Waals surface area contributed by atoms with Gasteiger partial charge >= 0.3 is 0 Å². The van der Waals surface area contributed by atoms with Crippen molar-refractivity contribution in [3.8, 4) is 5.75 Å². The molecule has 1 saturated heterocycles. The molecule has 5 rings (SSSR count). The van der Waals surface area contributed by atoms with Crippen LogP contribution in [0.1, 0.15) is 35.2 Å². The molecule has 0 bridgehead atoms. The average molecular weight is 426 g/mol. The first-order valence-corrected chi connectivity index (χ1v) is 10.5. The van der Waals surface area contributed by atoms with Crippen LogP contribution < -0.4 is 4.74 Å². The second-order valence-corrected chi connectivity index (χ2v) is 8.15. The van der Waals surface area contributed by atoms with E-state index in [-0.39, 0.29) is 24.0 Å². The number of carbonyl (C=O) groups excluding carboxylic acids is 2. The Hall–Kier alpha value is -3.93. The average Bonchev–Trinajstić information content (AvgIpc) is 3.31. The minimum Gasteiger partial charge on any atom is -0.507 e. The summed E-state index contributed by atoms with van der Waals surface area (Å²) >= 11 is 0. The smallest absolute Gasteiger partial charge is 0.295 e. The Morgan fingerprint density at radius 2 is 1.94 bits per heavy atom. The number of pyridine rings is 1. The van der Waals surface area contributed by atoms with Crippen LogP contribution in [0.3, 0.4) is 0 Å². The number of rotatable bonds is 4. The lowest BCUT2D eigenvalue weighted by Crippen LogP contribution is -2.29. The lowest BCUT2D eigenvalue weighted by Gasteiger charge is -2.25. The Balaban J connectivity index is 1.62. The molecule has 0 aliphatic carbocycles. The monoisotopic (exact) mass is 426 g/mol. The summed E-state index contributed by atoms with van der Waals surface area (Å²) in [6.07, 6.45) is 4.05. The van der Waals surface area contributed by atoms with Gasteiger partial charge in [-0.2, -0.15) is 0 Å². The van der Waals surface area contributed by atoms with E-state index < -0.39 is 17.7 Å². The predicted octanol–water partition coefficient (Wildman–Crippen LogP) is 4.03. The minimum absolute atomic E-state index is 0.0641. The molecule has 1 fully saturated rings. The summed E-state index contributed by atoms with van der Waals surface area (Å²) in [5.41, 5.74) is 3.10. The largest absolute Gasteiger partial charge is 0.507 e. The standard InChI is InChI=1S/C26H22N2O4/c1-16-12-20-13-18(9-10-21(20)32-16)24(29)22-23(19-8-5-11-27-14-19)28(26(31)25(22)30)15-17-6-3-2-4-7-17/h2-11,13-14,16,23,29H,12,15H2,1H3/b24-22+/t16-,23-/m1/s1. The molecule has 2 aromatic carbocycles. The Kier molecular flexibility index (Phi) is 4.98. The molecule has 0 spiro atoms. The maximum Gasteiger partial charge on any atom is 0.295 e. The number of fused-ring (bicyclic) bond motifs is 1. The SMILES string of the molecule is C[C@@H]1Cc2cc(/C(O)=C3\C(=O)C(=O)N(Cc4ccccc4)[C@@H]3c3cccnc3)ccc2O1. The highest BCUT2D eigenvalue weighted by Gasteiger charge is 2.46. The Bertz CT molecular complexity index is 1220. The summed E-state index contributed by atoms with van der Waals surface area (Å²) in [5, 5.41) is 11.2. The summed E-state index contributed by atoms with van der Waals surface area (Å²) in [7, 11) is 0. The number of benzene rings is 2. The fourth-order valence-corrected chi connectivity index (χ4v) is 4.43. The first-order chi connectivity index (χ1) is 15.5. The van der Waals surface area contributed by atoms with E-state index >= 15 is 0 Å². The lowest BCUT2D eigenvalue weighted by atomic mass is 9.95. The van der Waals surface area contributed by atoms with E-state index in [2.05, 4.69) is 4.98 Å². The number of hydrogen-bond donors (Lipinski definition) is 1. The number of ether oxygens (including phenoxy) is 1. The van der Waals surface area contributed by atoms with Gasteiger partial charge in [0.2, 0.25) is 0 Å². The number of aliphatic hydroxyl groups is 1. The zero-order chi connectivity index (χ0) is 22.2. The molecule has 1 aromatic heterocycles. The molecule has 0 unspecified atom stereocenters. The Morgan fingerprint density at radius 1 is 1.12 bits per heavy atom. The van der Waals surface area contributed by atoms with Crippen LogP contribution in [0, 0.1) is 0 Å². The van der Waals surface area contributed by atoms with Crippen LogP contribution in [0.2, 0.25) is 0 Å². The van der Waals surface area contributed by atoms with Gasteiger partial charge in [0.25, 0.3) is 11.7 Å². The first kappa shape index (κ1) is 20.0. The van der Waals surface area contributed by atoms with Gasteiger partial charge in [0, 0.05) is 30.9 Å². The molecule has 3 heterocycles. The zero-order valence-electron chi connectivity index (χ0n) is 17.6. The number of Topliss-reactive ketones (excluding diaryl/α,β-unsaturated/α-hetero) is 1. The van der Waals surface area contributed by atoms with Crippen molar-refractivity contribution in [3.63, 3.8) is 0 Å². The van der Waals surface area contributed by atoms with Gasteiger partial charge in [-0.1, -0.05) is 36.4 Å². The van der Waals surface area contributed by atoms with Crippen LogP contribution in [0.5, 0.6) is 5.75 Å². The van der Waals surface area contributed by atoms with Crippen LogP contribution in [0.15, 0.2) is 78.6 Å². The molecular formula is C26H22N2O4. The predicted molar refractivity (Wildman–Crippen MR) is 119 cm³/mol. The normalized spacial score (nSPS) is 21.5.